The molecule has 0 bridgehead atoms. The average molecular weight is 455 g/mol. The van der Waals surface area contributed by atoms with Crippen molar-refractivity contribution < 1.29 is 19.1 Å². The van der Waals surface area contributed by atoms with Crippen LogP contribution in [0.15, 0.2) is 63.8 Å². The first-order valence-corrected chi connectivity index (χ1v) is 11.6. The maximum atomic E-state index is 12.6. The molecule has 8 nitrogen and oxygen atoms in total. The number of rotatable bonds is 7. The van der Waals surface area contributed by atoms with E-state index in [0.717, 1.165) is 13.1 Å². The Kier molecular flexibility index (Phi) is 7.06. The molecule has 1 aromatic rings. The van der Waals surface area contributed by atoms with Gasteiger partial charge in [0.1, 0.15) is 17.7 Å². The van der Waals surface area contributed by atoms with E-state index in [9.17, 15) is 9.59 Å². The Hall–Kier alpha value is -2.91. The number of methoxy groups -OCH3 is 2. The van der Waals surface area contributed by atoms with Crippen molar-refractivity contribution in [1.82, 2.24) is 4.90 Å². The van der Waals surface area contributed by atoms with Crippen molar-refractivity contribution in [2.45, 2.75) is 6.10 Å². The second-order valence-corrected chi connectivity index (χ2v) is 8.50. The van der Waals surface area contributed by atoms with Crippen LogP contribution in [0.3, 0.4) is 0 Å². The summed E-state index contributed by atoms with van der Waals surface area (Å²) in [4.78, 5) is 37.8. The molecule has 2 heterocycles. The quantitative estimate of drug-likeness (QED) is 0.626. The molecule has 1 unspecified atom stereocenters. The van der Waals surface area contributed by atoms with Gasteiger partial charge in [0, 0.05) is 45.1 Å². The minimum atomic E-state index is -0.427. The van der Waals surface area contributed by atoms with Crippen LogP contribution in [0.5, 0.6) is 0 Å². The molecule has 32 heavy (non-hydrogen) atoms. The van der Waals surface area contributed by atoms with Gasteiger partial charge in [-0.3, -0.25) is 9.59 Å². The van der Waals surface area contributed by atoms with E-state index in [1.54, 1.807) is 26.4 Å². The number of hydrogen-bond donors (Lipinski definition) is 0. The molecule has 9 heteroatoms. The fraction of sp³-hybridized carbons (Fsp3) is 0.391. The van der Waals surface area contributed by atoms with Crippen molar-refractivity contribution in [3.63, 3.8) is 0 Å². The van der Waals surface area contributed by atoms with Gasteiger partial charge in [0.2, 0.25) is 5.91 Å². The molecule has 0 saturated carbocycles. The highest BCUT2D eigenvalue weighted by atomic mass is 32.2. The number of benzene rings is 1. The molecule has 168 valence electrons. The minimum Gasteiger partial charge on any atom is -0.498 e. The van der Waals surface area contributed by atoms with Gasteiger partial charge in [-0.2, -0.15) is 4.99 Å². The Morgan fingerprint density at radius 2 is 1.88 bits per heavy atom. The van der Waals surface area contributed by atoms with Crippen LogP contribution in [-0.4, -0.2) is 86.3 Å². The van der Waals surface area contributed by atoms with E-state index in [0.29, 0.717) is 47.5 Å². The molecular formula is C23H26N4O4S. The van der Waals surface area contributed by atoms with Crippen molar-refractivity contribution in [2.24, 2.45) is 9.98 Å². The van der Waals surface area contributed by atoms with Gasteiger partial charge in [-0.1, -0.05) is 18.2 Å². The van der Waals surface area contributed by atoms with Crippen molar-refractivity contribution in [3.8, 4) is 0 Å². The number of amidine groups is 1. The largest absolute Gasteiger partial charge is 0.498 e. The molecule has 3 aliphatic rings. The Balaban J connectivity index is 1.28. The summed E-state index contributed by atoms with van der Waals surface area (Å²) in [5, 5.41) is 0. The number of fused-ring (bicyclic) bond motifs is 1. The fourth-order valence-corrected chi connectivity index (χ4v) is 4.60. The molecule has 1 aliphatic carbocycles. The van der Waals surface area contributed by atoms with Crippen LogP contribution in [0.25, 0.3) is 0 Å². The first-order valence-electron chi connectivity index (χ1n) is 10.5. The van der Waals surface area contributed by atoms with Crippen molar-refractivity contribution in [1.29, 1.82) is 0 Å². The van der Waals surface area contributed by atoms with Gasteiger partial charge in [0.25, 0.3) is 5.91 Å². The van der Waals surface area contributed by atoms with Gasteiger partial charge in [-0.25, -0.2) is 4.99 Å². The molecular weight excluding hydrogens is 428 g/mol. The van der Waals surface area contributed by atoms with Gasteiger partial charge in [-0.15, -0.1) is 11.8 Å². The molecule has 1 saturated heterocycles. The van der Waals surface area contributed by atoms with E-state index in [4.69, 9.17) is 9.47 Å². The van der Waals surface area contributed by atoms with Crippen LogP contribution in [-0.2, 0) is 19.1 Å². The van der Waals surface area contributed by atoms with Gasteiger partial charge in [0.15, 0.2) is 0 Å². The number of amides is 2. The Bertz CT molecular complexity index is 995. The molecule has 2 amide bonds. The number of para-hydroxylation sites is 1. The average Bonchev–Trinajstić information content (AvgIpc) is 2.84. The number of nitrogens with zero attached hydrogens (tertiary/aromatic N) is 4. The smallest absolute Gasteiger partial charge is 0.280 e. The SMILES string of the molecule is COC1=CC2=NC(CSCC(=O)N3CCN(c4ccccc4)CC3)=NC(=O)C2=CC1OC. The predicted octanol–water partition coefficient (Wildman–Crippen LogP) is 1.93. The maximum absolute atomic E-state index is 12.6. The van der Waals surface area contributed by atoms with Crippen LogP contribution >= 0.6 is 11.8 Å². The molecule has 1 atom stereocenters. The van der Waals surface area contributed by atoms with E-state index >= 15 is 0 Å². The van der Waals surface area contributed by atoms with Crippen molar-refractivity contribution in [2.75, 3.05) is 56.8 Å². The summed E-state index contributed by atoms with van der Waals surface area (Å²) in [5.41, 5.74) is 2.12. The Morgan fingerprint density at radius 3 is 2.56 bits per heavy atom. The van der Waals surface area contributed by atoms with Crippen LogP contribution in [0, 0.1) is 0 Å². The lowest BCUT2D eigenvalue weighted by atomic mass is 9.99. The third kappa shape index (κ3) is 4.94. The summed E-state index contributed by atoms with van der Waals surface area (Å²) in [6.07, 6.45) is 2.95. The molecule has 4 rings (SSSR count). The van der Waals surface area contributed by atoms with Gasteiger partial charge in [-0.05, 0) is 18.2 Å². The van der Waals surface area contributed by atoms with Crippen LogP contribution < -0.4 is 4.90 Å². The third-order valence-corrected chi connectivity index (χ3v) is 6.48. The molecule has 1 aromatic carbocycles. The number of anilines is 1. The summed E-state index contributed by atoms with van der Waals surface area (Å²) in [6, 6.07) is 10.2. The second-order valence-electron chi connectivity index (χ2n) is 7.51. The number of aliphatic imine (C=N–C) groups is 2. The third-order valence-electron chi connectivity index (χ3n) is 5.56. The normalized spacial score (nSPS) is 20.7. The predicted molar refractivity (Wildman–Crippen MR) is 126 cm³/mol. The number of carbonyl (C=O) groups is 2. The van der Waals surface area contributed by atoms with Gasteiger partial charge in [0.05, 0.1) is 29.9 Å². The lowest BCUT2D eigenvalue weighted by Crippen LogP contribution is -2.49. The maximum Gasteiger partial charge on any atom is 0.280 e. The monoisotopic (exact) mass is 454 g/mol. The number of carbonyl (C=O) groups excluding carboxylic acids is 2. The highest BCUT2D eigenvalue weighted by Crippen LogP contribution is 2.23. The summed E-state index contributed by atoms with van der Waals surface area (Å²) < 4.78 is 10.7. The zero-order chi connectivity index (χ0) is 22.5. The molecule has 0 spiro atoms. The molecule has 1 fully saturated rings. The number of allylic oxidation sites excluding steroid dienone is 1. The zero-order valence-corrected chi connectivity index (χ0v) is 19.0. The highest BCUT2D eigenvalue weighted by molar-refractivity contribution is 8.00. The number of ether oxygens (including phenoxy) is 2. The highest BCUT2D eigenvalue weighted by Gasteiger charge is 2.29. The number of piperazine rings is 1. The number of thioether (sulfide) groups is 1. The molecule has 0 aromatic heterocycles. The Labute approximate surface area is 191 Å². The van der Waals surface area contributed by atoms with E-state index in [1.165, 1.54) is 17.4 Å². The van der Waals surface area contributed by atoms with Crippen LogP contribution in [0.2, 0.25) is 0 Å². The number of hydrogen-bond acceptors (Lipinski definition) is 7. The van der Waals surface area contributed by atoms with Gasteiger partial charge >= 0.3 is 0 Å². The zero-order valence-electron chi connectivity index (χ0n) is 18.2. The van der Waals surface area contributed by atoms with E-state index in [2.05, 4.69) is 27.0 Å². The van der Waals surface area contributed by atoms with E-state index in [1.807, 2.05) is 23.1 Å². The summed E-state index contributed by atoms with van der Waals surface area (Å²) in [7, 11) is 3.10. The first kappa shape index (κ1) is 22.3. The second kappa shape index (κ2) is 10.1. The fourth-order valence-electron chi connectivity index (χ4n) is 3.83. The van der Waals surface area contributed by atoms with Gasteiger partial charge < -0.3 is 19.3 Å². The van der Waals surface area contributed by atoms with E-state index in [-0.39, 0.29) is 11.8 Å². The summed E-state index contributed by atoms with van der Waals surface area (Å²) in [6.45, 7) is 3.05. The van der Waals surface area contributed by atoms with Crippen LogP contribution in [0.4, 0.5) is 5.69 Å². The standard InChI is InChI=1S/C23H26N4O4S/c1-30-19-12-17-18(13-20(19)31-2)24-21(25-23(17)29)14-32-15-22(28)27-10-8-26(9-11-27)16-6-4-3-5-7-16/h3-7,12-13,19H,8-11,14-15H2,1-2H3. The van der Waals surface area contributed by atoms with Crippen molar-refractivity contribution in [3.05, 3.63) is 53.8 Å². The van der Waals surface area contributed by atoms with Crippen LogP contribution in [0.1, 0.15) is 0 Å². The first-order chi connectivity index (χ1) is 15.6. The summed E-state index contributed by atoms with van der Waals surface area (Å²) >= 11 is 1.42. The Morgan fingerprint density at radius 1 is 1.12 bits per heavy atom. The molecule has 0 N–H and O–H groups in total. The van der Waals surface area contributed by atoms with Crippen molar-refractivity contribution >= 4 is 40.8 Å². The molecule has 0 radical (unpaired) electrons. The minimum absolute atomic E-state index is 0.0980. The van der Waals surface area contributed by atoms with E-state index < -0.39 is 6.10 Å². The lowest BCUT2D eigenvalue weighted by molar-refractivity contribution is -0.128. The lowest BCUT2D eigenvalue weighted by Gasteiger charge is -2.36. The topological polar surface area (TPSA) is 83.8 Å². The molecule has 2 aliphatic heterocycles. The summed E-state index contributed by atoms with van der Waals surface area (Å²) in [5.74, 6) is 1.47.